The molecule has 2 amide bonds. The molecule has 0 saturated carbocycles. The summed E-state index contributed by atoms with van der Waals surface area (Å²) in [5.41, 5.74) is 6.23. The molecular formula is C20H23N3O4. The molecule has 1 saturated heterocycles. The van der Waals surface area contributed by atoms with Crippen molar-refractivity contribution in [3.63, 3.8) is 0 Å². The van der Waals surface area contributed by atoms with Crippen molar-refractivity contribution in [1.82, 2.24) is 4.90 Å². The van der Waals surface area contributed by atoms with E-state index in [2.05, 4.69) is 5.32 Å². The highest BCUT2D eigenvalue weighted by molar-refractivity contribution is 6.02. The van der Waals surface area contributed by atoms with Gasteiger partial charge in [0, 0.05) is 18.8 Å². The van der Waals surface area contributed by atoms with Crippen LogP contribution < -0.4 is 15.8 Å². The number of nitrogens with zero attached hydrogens (tertiary/aromatic N) is 1. The van der Waals surface area contributed by atoms with Gasteiger partial charge in [-0.05, 0) is 49.2 Å². The van der Waals surface area contributed by atoms with Crippen molar-refractivity contribution in [3.8, 4) is 11.5 Å². The van der Waals surface area contributed by atoms with Crippen molar-refractivity contribution >= 4 is 17.5 Å². The highest BCUT2D eigenvalue weighted by atomic mass is 16.5. The maximum absolute atomic E-state index is 12.7. The molecular weight excluding hydrogens is 346 g/mol. The average Bonchev–Trinajstić information content (AvgIpc) is 3.17. The summed E-state index contributed by atoms with van der Waals surface area (Å²) >= 11 is 0. The lowest BCUT2D eigenvalue weighted by atomic mass is 10.1. The van der Waals surface area contributed by atoms with Gasteiger partial charge in [0.2, 0.25) is 5.91 Å². The van der Waals surface area contributed by atoms with Gasteiger partial charge in [-0.1, -0.05) is 12.1 Å². The number of hydrogen-bond acceptors (Lipinski definition) is 5. The molecule has 0 radical (unpaired) electrons. The van der Waals surface area contributed by atoms with Crippen LogP contribution >= 0.6 is 0 Å². The van der Waals surface area contributed by atoms with Crippen LogP contribution in [-0.4, -0.2) is 47.6 Å². The lowest BCUT2D eigenvalue weighted by Crippen LogP contribution is -2.43. The van der Waals surface area contributed by atoms with Crippen LogP contribution in [0.15, 0.2) is 48.5 Å². The first kappa shape index (κ1) is 18.7. The summed E-state index contributed by atoms with van der Waals surface area (Å²) in [7, 11) is 0. The van der Waals surface area contributed by atoms with Gasteiger partial charge in [0.05, 0.1) is 5.56 Å². The molecule has 1 atom stereocenters. The van der Waals surface area contributed by atoms with E-state index in [-0.39, 0.29) is 23.1 Å². The van der Waals surface area contributed by atoms with Gasteiger partial charge in [-0.3, -0.25) is 9.59 Å². The summed E-state index contributed by atoms with van der Waals surface area (Å²) in [4.78, 5) is 26.9. The number of para-hydroxylation sites is 1. The van der Waals surface area contributed by atoms with Gasteiger partial charge in [-0.2, -0.15) is 0 Å². The van der Waals surface area contributed by atoms with E-state index in [1.165, 1.54) is 11.0 Å². The molecule has 1 heterocycles. The normalized spacial score (nSPS) is 16.2. The maximum atomic E-state index is 12.7. The number of anilines is 1. The van der Waals surface area contributed by atoms with Crippen LogP contribution in [0.4, 0.5) is 5.69 Å². The molecule has 1 fully saturated rings. The third-order valence-electron chi connectivity index (χ3n) is 4.46. The number of carbonyl (C=O) groups excluding carboxylic acids is 2. The van der Waals surface area contributed by atoms with Crippen molar-refractivity contribution in [2.75, 3.05) is 25.0 Å². The minimum absolute atomic E-state index is 0.0818. The van der Waals surface area contributed by atoms with E-state index in [0.717, 1.165) is 6.42 Å². The van der Waals surface area contributed by atoms with E-state index in [9.17, 15) is 14.7 Å². The Morgan fingerprint density at radius 2 is 1.93 bits per heavy atom. The molecule has 1 unspecified atom stereocenters. The van der Waals surface area contributed by atoms with Crippen LogP contribution in [-0.2, 0) is 4.79 Å². The first-order valence-electron chi connectivity index (χ1n) is 8.93. The number of carbonyl (C=O) groups is 2. The summed E-state index contributed by atoms with van der Waals surface area (Å²) in [6.07, 6.45) is 1.33. The van der Waals surface area contributed by atoms with Crippen molar-refractivity contribution < 1.29 is 19.4 Å². The van der Waals surface area contributed by atoms with Gasteiger partial charge in [0.25, 0.3) is 5.91 Å². The van der Waals surface area contributed by atoms with Crippen molar-refractivity contribution in [2.24, 2.45) is 5.73 Å². The Hall–Kier alpha value is -3.06. The number of likely N-dealkylation sites (tertiary alicyclic amines) is 1. The van der Waals surface area contributed by atoms with Crippen molar-refractivity contribution in [2.45, 2.75) is 18.9 Å². The van der Waals surface area contributed by atoms with E-state index in [1.54, 1.807) is 42.5 Å². The fourth-order valence-corrected chi connectivity index (χ4v) is 3.13. The van der Waals surface area contributed by atoms with Gasteiger partial charge in [-0.15, -0.1) is 0 Å². The van der Waals surface area contributed by atoms with Crippen LogP contribution in [0.1, 0.15) is 23.2 Å². The van der Waals surface area contributed by atoms with Crippen LogP contribution in [0.2, 0.25) is 0 Å². The van der Waals surface area contributed by atoms with Crippen LogP contribution in [0.25, 0.3) is 0 Å². The second-order valence-corrected chi connectivity index (χ2v) is 6.32. The Morgan fingerprint density at radius 3 is 2.63 bits per heavy atom. The van der Waals surface area contributed by atoms with Crippen LogP contribution in [0.5, 0.6) is 11.5 Å². The second kappa shape index (κ2) is 8.55. The molecule has 2 aromatic rings. The number of nitrogens with two attached hydrogens (primary N) is 1. The Balaban J connectivity index is 1.67. The topological polar surface area (TPSA) is 105 Å². The minimum atomic E-state index is -0.565. The van der Waals surface area contributed by atoms with E-state index < -0.39 is 6.04 Å². The van der Waals surface area contributed by atoms with Crippen molar-refractivity contribution in [3.05, 3.63) is 54.1 Å². The molecule has 0 bridgehead atoms. The lowest BCUT2D eigenvalue weighted by Gasteiger charge is -2.24. The van der Waals surface area contributed by atoms with Crippen LogP contribution in [0, 0.1) is 0 Å². The monoisotopic (exact) mass is 369 g/mol. The number of aromatic hydroxyl groups is 1. The predicted octanol–water partition coefficient (Wildman–Crippen LogP) is 1.97. The summed E-state index contributed by atoms with van der Waals surface area (Å²) in [6, 6.07) is 12.8. The molecule has 0 aliphatic carbocycles. The van der Waals surface area contributed by atoms with E-state index >= 15 is 0 Å². The Morgan fingerprint density at radius 1 is 1.19 bits per heavy atom. The van der Waals surface area contributed by atoms with Gasteiger partial charge in [0.15, 0.2) is 0 Å². The number of hydrogen-bond donors (Lipinski definition) is 3. The zero-order chi connectivity index (χ0) is 19.2. The molecule has 0 spiro atoms. The summed E-state index contributed by atoms with van der Waals surface area (Å²) in [5, 5.41) is 12.8. The second-order valence-electron chi connectivity index (χ2n) is 6.32. The summed E-state index contributed by atoms with van der Waals surface area (Å²) in [5.74, 6) is 0.0143. The van der Waals surface area contributed by atoms with Gasteiger partial charge in [0.1, 0.15) is 24.1 Å². The highest BCUT2D eigenvalue weighted by Crippen LogP contribution is 2.25. The van der Waals surface area contributed by atoms with E-state index in [4.69, 9.17) is 10.5 Å². The molecule has 7 nitrogen and oxygen atoms in total. The molecule has 142 valence electrons. The predicted molar refractivity (Wildman–Crippen MR) is 102 cm³/mol. The number of ether oxygens (including phenoxy) is 1. The fourth-order valence-electron chi connectivity index (χ4n) is 3.13. The molecule has 0 aromatic heterocycles. The Bertz CT molecular complexity index is 807. The SMILES string of the molecule is NCCOc1ccc(NC(=O)C2CCCN2C(=O)c2ccccc2O)cc1. The minimum Gasteiger partial charge on any atom is -0.507 e. The molecule has 7 heteroatoms. The largest absolute Gasteiger partial charge is 0.507 e. The van der Waals surface area contributed by atoms with Crippen LogP contribution in [0.3, 0.4) is 0 Å². The molecule has 2 aromatic carbocycles. The lowest BCUT2D eigenvalue weighted by molar-refractivity contribution is -0.119. The summed E-state index contributed by atoms with van der Waals surface area (Å²) in [6.45, 7) is 1.34. The maximum Gasteiger partial charge on any atom is 0.258 e. The number of phenolic OH excluding ortho intramolecular Hbond substituents is 1. The van der Waals surface area contributed by atoms with E-state index in [0.29, 0.717) is 37.6 Å². The Kier molecular flexibility index (Phi) is 5.93. The molecule has 27 heavy (non-hydrogen) atoms. The first-order valence-corrected chi connectivity index (χ1v) is 8.93. The van der Waals surface area contributed by atoms with Crippen molar-refractivity contribution in [1.29, 1.82) is 0 Å². The van der Waals surface area contributed by atoms with Gasteiger partial charge >= 0.3 is 0 Å². The highest BCUT2D eigenvalue weighted by Gasteiger charge is 2.35. The first-order chi connectivity index (χ1) is 13.1. The number of rotatable bonds is 6. The van der Waals surface area contributed by atoms with E-state index in [1.807, 2.05) is 0 Å². The third-order valence-corrected chi connectivity index (χ3v) is 4.46. The smallest absolute Gasteiger partial charge is 0.258 e. The van der Waals surface area contributed by atoms with Gasteiger partial charge in [-0.25, -0.2) is 0 Å². The average molecular weight is 369 g/mol. The fraction of sp³-hybridized carbons (Fsp3) is 0.300. The Labute approximate surface area is 157 Å². The summed E-state index contributed by atoms with van der Waals surface area (Å²) < 4.78 is 5.41. The quantitative estimate of drug-likeness (QED) is 0.722. The zero-order valence-corrected chi connectivity index (χ0v) is 14.9. The molecule has 1 aliphatic rings. The van der Waals surface area contributed by atoms with Gasteiger partial charge < -0.3 is 25.8 Å². The standard InChI is InChI=1S/C20H23N3O4/c21-11-13-27-15-9-7-14(8-10-15)22-19(25)17-5-3-12-23(17)20(26)16-4-1-2-6-18(16)24/h1-2,4,6-10,17,24H,3,5,11-13,21H2,(H,22,25). The number of amides is 2. The number of phenols is 1. The molecule has 4 N–H and O–H groups in total. The molecule has 3 rings (SSSR count). The number of nitrogens with one attached hydrogen (secondary N) is 1. The molecule has 1 aliphatic heterocycles. The third kappa shape index (κ3) is 4.38. The zero-order valence-electron chi connectivity index (χ0n) is 14.9. The number of benzene rings is 2.